The van der Waals surface area contributed by atoms with E-state index in [1.807, 2.05) is 49.4 Å². The Kier molecular flexibility index (Phi) is 5.41. The Bertz CT molecular complexity index is 786. The van der Waals surface area contributed by atoms with Gasteiger partial charge >= 0.3 is 0 Å². The topological polar surface area (TPSA) is 80.0 Å². The van der Waals surface area contributed by atoms with Crippen LogP contribution in [0.2, 0.25) is 0 Å². The highest BCUT2D eigenvalue weighted by Crippen LogP contribution is 2.11. The van der Waals surface area contributed by atoms with Gasteiger partial charge in [0.2, 0.25) is 5.95 Å². The van der Waals surface area contributed by atoms with Gasteiger partial charge in [-0.05, 0) is 37.6 Å². The number of furan rings is 1. The Morgan fingerprint density at radius 1 is 1.12 bits per heavy atom. The van der Waals surface area contributed by atoms with Gasteiger partial charge in [0.05, 0.1) is 11.8 Å². The zero-order valence-electron chi connectivity index (χ0n) is 14.0. The smallest absolute Gasteiger partial charge is 0.254 e. The molecule has 25 heavy (non-hydrogen) atoms. The van der Waals surface area contributed by atoms with Gasteiger partial charge < -0.3 is 15.1 Å². The Balaban J connectivity index is 1.51. The number of nitrogens with one attached hydrogen (secondary N) is 2. The number of carbonyl (C=O) groups excluding carboxylic acids is 1. The summed E-state index contributed by atoms with van der Waals surface area (Å²) in [6.07, 6.45) is 6.28. The molecule has 6 nitrogen and oxygen atoms in total. The predicted octanol–water partition coefficient (Wildman–Crippen LogP) is 3.56. The van der Waals surface area contributed by atoms with Crippen molar-refractivity contribution in [3.05, 3.63) is 72.4 Å². The highest BCUT2D eigenvalue weighted by atomic mass is 16.3. The summed E-state index contributed by atoms with van der Waals surface area (Å²) in [6, 6.07) is 13.5. The van der Waals surface area contributed by atoms with E-state index in [-0.39, 0.29) is 11.9 Å². The van der Waals surface area contributed by atoms with E-state index < -0.39 is 0 Å². The van der Waals surface area contributed by atoms with Crippen molar-refractivity contribution < 1.29 is 9.21 Å². The first-order chi connectivity index (χ1) is 12.2. The summed E-state index contributed by atoms with van der Waals surface area (Å²) in [5.41, 5.74) is 1.33. The molecule has 0 aliphatic rings. The second-order valence-electron chi connectivity index (χ2n) is 5.78. The lowest BCUT2D eigenvalue weighted by atomic mass is 10.1. The number of hydrogen-bond acceptors (Lipinski definition) is 5. The summed E-state index contributed by atoms with van der Waals surface area (Å²) >= 11 is 0. The number of rotatable bonds is 7. The highest BCUT2D eigenvalue weighted by molar-refractivity contribution is 5.93. The lowest BCUT2D eigenvalue weighted by molar-refractivity contribution is 0.0937. The van der Waals surface area contributed by atoms with E-state index in [0.29, 0.717) is 11.5 Å². The van der Waals surface area contributed by atoms with Crippen LogP contribution in [-0.4, -0.2) is 21.9 Å². The normalized spacial score (nSPS) is 11.7. The molecule has 0 radical (unpaired) electrons. The Labute approximate surface area is 146 Å². The van der Waals surface area contributed by atoms with Gasteiger partial charge in [-0.25, -0.2) is 9.97 Å². The molecule has 0 aliphatic carbocycles. The molecule has 2 N–H and O–H groups in total. The second-order valence-corrected chi connectivity index (χ2v) is 5.78. The molecule has 2 heterocycles. The minimum Gasteiger partial charge on any atom is -0.469 e. The van der Waals surface area contributed by atoms with Crippen LogP contribution >= 0.6 is 0 Å². The van der Waals surface area contributed by atoms with E-state index in [1.54, 1.807) is 6.26 Å². The summed E-state index contributed by atoms with van der Waals surface area (Å²) in [7, 11) is 0. The summed E-state index contributed by atoms with van der Waals surface area (Å²) in [4.78, 5) is 20.6. The molecule has 0 aliphatic heterocycles. The van der Waals surface area contributed by atoms with Crippen molar-refractivity contribution in [3.8, 4) is 0 Å². The van der Waals surface area contributed by atoms with Gasteiger partial charge in [-0.15, -0.1) is 0 Å². The van der Waals surface area contributed by atoms with Gasteiger partial charge in [0.1, 0.15) is 5.76 Å². The van der Waals surface area contributed by atoms with Gasteiger partial charge in [-0.3, -0.25) is 4.79 Å². The largest absolute Gasteiger partial charge is 0.469 e. The summed E-state index contributed by atoms with van der Waals surface area (Å²) in [5.74, 6) is 1.19. The lowest BCUT2D eigenvalue weighted by Gasteiger charge is -2.13. The minimum absolute atomic E-state index is 0.0275. The van der Waals surface area contributed by atoms with Gasteiger partial charge in [0.15, 0.2) is 0 Å². The van der Waals surface area contributed by atoms with Crippen LogP contribution in [0.3, 0.4) is 0 Å². The number of aromatic nitrogens is 2. The molecule has 0 saturated heterocycles. The number of aryl methyl sites for hydroxylation is 1. The lowest BCUT2D eigenvalue weighted by Crippen LogP contribution is -2.33. The van der Waals surface area contributed by atoms with E-state index in [1.165, 1.54) is 12.4 Å². The van der Waals surface area contributed by atoms with Crippen LogP contribution in [-0.2, 0) is 6.42 Å². The highest BCUT2D eigenvalue weighted by Gasteiger charge is 2.11. The molecule has 0 saturated carbocycles. The van der Waals surface area contributed by atoms with E-state index in [4.69, 9.17) is 4.42 Å². The van der Waals surface area contributed by atoms with E-state index >= 15 is 0 Å². The van der Waals surface area contributed by atoms with Crippen molar-refractivity contribution in [1.29, 1.82) is 0 Å². The average Bonchev–Trinajstić information content (AvgIpc) is 3.15. The molecule has 128 valence electrons. The van der Waals surface area contributed by atoms with Crippen LogP contribution < -0.4 is 10.6 Å². The Hall–Kier alpha value is -3.15. The first kappa shape index (κ1) is 16.7. The molecule has 1 aromatic carbocycles. The molecule has 0 unspecified atom stereocenters. The SMILES string of the molecule is C[C@@H](CCc1ccco1)NC(=O)c1cnc(Nc2ccccc2)nc1. The quantitative estimate of drug-likeness (QED) is 0.689. The number of benzene rings is 1. The summed E-state index contributed by atoms with van der Waals surface area (Å²) in [5, 5.41) is 6.03. The molecule has 1 atom stereocenters. The molecule has 1 amide bonds. The number of hydrogen-bond donors (Lipinski definition) is 2. The molecule has 2 aromatic heterocycles. The number of anilines is 2. The fourth-order valence-electron chi connectivity index (χ4n) is 2.35. The summed E-state index contributed by atoms with van der Waals surface area (Å²) in [6.45, 7) is 1.97. The van der Waals surface area contributed by atoms with Gasteiger partial charge in [0, 0.05) is 30.5 Å². The third kappa shape index (κ3) is 4.91. The first-order valence-electron chi connectivity index (χ1n) is 8.18. The molecule has 3 rings (SSSR count). The standard InChI is InChI=1S/C19H20N4O2/c1-14(9-10-17-8-5-11-25-17)22-18(24)15-12-20-19(21-13-15)23-16-6-3-2-4-7-16/h2-8,11-14H,9-10H2,1H3,(H,22,24)(H,20,21,23)/t14-/m0/s1. The van der Waals surface area contributed by atoms with Crippen LogP contribution in [0.5, 0.6) is 0 Å². The summed E-state index contributed by atoms with van der Waals surface area (Å²) < 4.78 is 5.30. The molecule has 3 aromatic rings. The van der Waals surface area contributed by atoms with Gasteiger partial charge in [-0.2, -0.15) is 0 Å². The number of amides is 1. The van der Waals surface area contributed by atoms with Crippen LogP contribution in [0.1, 0.15) is 29.5 Å². The number of nitrogens with zero attached hydrogens (tertiary/aromatic N) is 2. The number of carbonyl (C=O) groups is 1. The first-order valence-corrected chi connectivity index (χ1v) is 8.18. The van der Waals surface area contributed by atoms with Crippen molar-refractivity contribution >= 4 is 17.5 Å². The van der Waals surface area contributed by atoms with Crippen molar-refractivity contribution in [1.82, 2.24) is 15.3 Å². The van der Waals surface area contributed by atoms with Gasteiger partial charge in [-0.1, -0.05) is 18.2 Å². The van der Waals surface area contributed by atoms with Crippen molar-refractivity contribution in [2.75, 3.05) is 5.32 Å². The molecule has 0 bridgehead atoms. The van der Waals surface area contributed by atoms with Gasteiger partial charge in [0.25, 0.3) is 5.91 Å². The third-order valence-electron chi connectivity index (χ3n) is 3.73. The average molecular weight is 336 g/mol. The Morgan fingerprint density at radius 3 is 2.56 bits per heavy atom. The third-order valence-corrected chi connectivity index (χ3v) is 3.73. The van der Waals surface area contributed by atoms with Crippen molar-refractivity contribution in [2.45, 2.75) is 25.8 Å². The van der Waals surface area contributed by atoms with E-state index in [9.17, 15) is 4.79 Å². The maximum Gasteiger partial charge on any atom is 0.254 e. The second kappa shape index (κ2) is 8.10. The van der Waals surface area contributed by atoms with Crippen LogP contribution in [0, 0.1) is 0 Å². The van der Waals surface area contributed by atoms with Crippen LogP contribution in [0.15, 0.2) is 65.5 Å². The Morgan fingerprint density at radius 2 is 1.88 bits per heavy atom. The molecule has 0 fully saturated rings. The molecular weight excluding hydrogens is 316 g/mol. The molecular formula is C19H20N4O2. The fraction of sp³-hybridized carbons (Fsp3) is 0.211. The fourth-order valence-corrected chi connectivity index (χ4v) is 2.35. The molecule has 0 spiro atoms. The van der Waals surface area contributed by atoms with Crippen molar-refractivity contribution in [2.24, 2.45) is 0 Å². The van der Waals surface area contributed by atoms with Crippen LogP contribution in [0.25, 0.3) is 0 Å². The number of para-hydroxylation sites is 1. The van der Waals surface area contributed by atoms with E-state index in [2.05, 4.69) is 20.6 Å². The van der Waals surface area contributed by atoms with Crippen LogP contribution in [0.4, 0.5) is 11.6 Å². The zero-order valence-corrected chi connectivity index (χ0v) is 14.0. The zero-order chi connectivity index (χ0) is 17.5. The maximum absolute atomic E-state index is 12.3. The molecule has 6 heteroatoms. The monoisotopic (exact) mass is 336 g/mol. The predicted molar refractivity (Wildman–Crippen MR) is 95.7 cm³/mol. The van der Waals surface area contributed by atoms with E-state index in [0.717, 1.165) is 24.3 Å². The minimum atomic E-state index is -0.182. The maximum atomic E-state index is 12.3. The van der Waals surface area contributed by atoms with Crippen molar-refractivity contribution in [3.63, 3.8) is 0 Å².